The van der Waals surface area contributed by atoms with Crippen molar-refractivity contribution in [3.63, 3.8) is 0 Å². The van der Waals surface area contributed by atoms with Crippen LogP contribution >= 0.6 is 46.2 Å². The number of anilines is 2. The summed E-state index contributed by atoms with van der Waals surface area (Å²) in [6, 6.07) is 3.94. The minimum Gasteiger partial charge on any atom is -0.444 e. The van der Waals surface area contributed by atoms with Gasteiger partial charge >= 0.3 is 18.4 Å². The largest absolute Gasteiger partial charge is 0.519 e. The first-order chi connectivity index (χ1) is 36.9. The van der Waals surface area contributed by atoms with Crippen LogP contribution in [-0.2, 0) is 18.9 Å². The zero-order valence-electron chi connectivity index (χ0n) is 48.6. The normalized spacial score (nSPS) is 20.4. The van der Waals surface area contributed by atoms with Crippen molar-refractivity contribution in [1.29, 1.82) is 0 Å². The molecular weight excluding hydrogens is 1100 g/mol. The van der Waals surface area contributed by atoms with Crippen molar-refractivity contribution in [2.75, 3.05) is 23.1 Å². The molecule has 0 bridgehead atoms. The van der Waals surface area contributed by atoms with Gasteiger partial charge in [-0.3, -0.25) is 9.59 Å². The number of aromatic nitrogens is 8. The molecule has 0 radical (unpaired) electrons. The Hall–Kier alpha value is -6.29. The fourth-order valence-electron chi connectivity index (χ4n) is 9.08. The lowest BCUT2D eigenvalue weighted by Gasteiger charge is -2.42. The number of primary amides is 2. The summed E-state index contributed by atoms with van der Waals surface area (Å²) < 4.78 is 24.5. The van der Waals surface area contributed by atoms with Crippen LogP contribution in [0, 0.1) is 10.8 Å². The molecule has 0 aromatic carbocycles. The van der Waals surface area contributed by atoms with Crippen molar-refractivity contribution in [3.05, 3.63) is 48.0 Å². The molecule has 0 unspecified atom stereocenters. The molecule has 80 heavy (non-hydrogen) atoms. The first-order valence-corrected chi connectivity index (χ1v) is 29.8. The first kappa shape index (κ1) is 62.9. The molecule has 4 atom stereocenters. The Labute approximate surface area is 482 Å². The highest BCUT2D eigenvalue weighted by Crippen LogP contribution is 2.49. The second-order valence-corrected chi connectivity index (χ2v) is 28.3. The van der Waals surface area contributed by atoms with Crippen molar-refractivity contribution in [1.82, 2.24) is 44.9 Å². The number of hydrogen-bond acceptors (Lipinski definition) is 22. The van der Waals surface area contributed by atoms with E-state index in [0.29, 0.717) is 28.0 Å². The molecule has 0 aliphatic heterocycles. The van der Waals surface area contributed by atoms with E-state index in [1.54, 1.807) is 62.3 Å². The second-order valence-electron chi connectivity index (χ2n) is 24.2. The van der Waals surface area contributed by atoms with Crippen molar-refractivity contribution in [3.8, 4) is 21.1 Å². The van der Waals surface area contributed by atoms with Gasteiger partial charge in [0.1, 0.15) is 26.8 Å². The lowest BCUT2D eigenvalue weighted by molar-refractivity contribution is -0.0294. The minimum absolute atomic E-state index is 0.0651. The maximum atomic E-state index is 12.6. The van der Waals surface area contributed by atoms with Gasteiger partial charge in [0.05, 0.1) is 45.9 Å². The topological polar surface area (TPSA) is 323 Å². The van der Waals surface area contributed by atoms with Gasteiger partial charge in [0, 0.05) is 57.5 Å². The molecule has 436 valence electrons. The van der Waals surface area contributed by atoms with Gasteiger partial charge in [-0.15, -0.1) is 20.4 Å². The summed E-state index contributed by atoms with van der Waals surface area (Å²) in [7, 11) is 0. The minimum atomic E-state index is -1.06. The van der Waals surface area contributed by atoms with Crippen LogP contribution in [0.2, 0.25) is 0 Å². The molecule has 9 N–H and O–H groups in total. The van der Waals surface area contributed by atoms with Gasteiger partial charge in [-0.2, -0.15) is 10.2 Å². The molecule has 0 spiro atoms. The molecular formula is C53H76N14O9S4. The number of fused-ring (bicyclic) bond motifs is 2. The number of amides is 3. The van der Waals surface area contributed by atoms with Crippen LogP contribution in [0.5, 0.6) is 0 Å². The van der Waals surface area contributed by atoms with E-state index in [0.717, 1.165) is 61.0 Å². The highest BCUT2D eigenvalue weighted by atomic mass is 32.2. The molecule has 23 nitrogen and oxygen atoms in total. The Bertz CT molecular complexity index is 3230. The van der Waals surface area contributed by atoms with Crippen molar-refractivity contribution in [2.24, 2.45) is 28.0 Å². The Morgan fingerprint density at radius 3 is 1.38 bits per heavy atom. The number of alkyl carbamates (subject to hydrolysis) is 1. The van der Waals surface area contributed by atoms with Gasteiger partial charge < -0.3 is 52.1 Å². The van der Waals surface area contributed by atoms with Crippen LogP contribution in [0.25, 0.3) is 32.2 Å². The quantitative estimate of drug-likeness (QED) is 0.0304. The number of thioether (sulfide) groups is 2. The van der Waals surface area contributed by atoms with Crippen LogP contribution in [-0.4, -0.2) is 122 Å². The van der Waals surface area contributed by atoms with Gasteiger partial charge in [-0.1, -0.05) is 73.9 Å². The average Bonchev–Trinajstić information content (AvgIpc) is 4.18. The molecule has 2 saturated carbocycles. The fourth-order valence-corrected chi connectivity index (χ4v) is 11.6. The highest BCUT2D eigenvalue weighted by Gasteiger charge is 2.53. The lowest BCUT2D eigenvalue weighted by atomic mass is 9.74. The van der Waals surface area contributed by atoms with E-state index in [-0.39, 0.29) is 28.5 Å². The van der Waals surface area contributed by atoms with E-state index >= 15 is 0 Å². The Morgan fingerprint density at radius 2 is 1.02 bits per heavy atom. The number of hydrogen-bond donors (Lipinski definition) is 6. The SMILES string of the molecule is CC(C)(C)OC(=O)OC(=O)OC(C)(C)C.CSc1nnc(-c2cc3c(N[C@@H]4CC[C@](C)(N)C4(C)C)c(C(N)=O)cnn3c2)s1.CSc1nnc(-c2cc3c(N[C@@H]4CC[C@](C)(NC(=O)OC(C)(C)C)C4(C)C)c(C(N)=O)cnn3c2)s1. The van der Waals surface area contributed by atoms with E-state index in [1.807, 2.05) is 64.7 Å². The second kappa shape index (κ2) is 23.7. The third kappa shape index (κ3) is 14.8. The van der Waals surface area contributed by atoms with Gasteiger partial charge in [-0.25, -0.2) is 23.4 Å². The lowest BCUT2D eigenvalue weighted by Crippen LogP contribution is -2.57. The van der Waals surface area contributed by atoms with Crippen LogP contribution in [0.3, 0.4) is 0 Å². The van der Waals surface area contributed by atoms with Crippen LogP contribution in [0.1, 0.15) is 150 Å². The predicted molar refractivity (Wildman–Crippen MR) is 314 cm³/mol. The number of rotatable bonds is 11. The van der Waals surface area contributed by atoms with E-state index in [1.165, 1.54) is 46.8 Å². The summed E-state index contributed by atoms with van der Waals surface area (Å²) in [6.07, 6.45) is 11.4. The number of nitrogens with two attached hydrogens (primary N) is 3. The predicted octanol–water partition coefficient (Wildman–Crippen LogP) is 10.4. The van der Waals surface area contributed by atoms with Gasteiger partial charge in [-0.05, 0) is 126 Å². The van der Waals surface area contributed by atoms with Gasteiger partial charge in [0.25, 0.3) is 11.8 Å². The fraction of sp³-hybridized carbons (Fsp3) is 0.566. The van der Waals surface area contributed by atoms with E-state index in [4.69, 9.17) is 31.4 Å². The number of carbonyl (C=O) groups excluding carboxylic acids is 5. The molecule has 3 amide bonds. The van der Waals surface area contributed by atoms with E-state index in [9.17, 15) is 24.0 Å². The molecule has 6 aromatic heterocycles. The Kier molecular flexibility index (Phi) is 18.6. The first-order valence-electron chi connectivity index (χ1n) is 25.7. The smallest absolute Gasteiger partial charge is 0.444 e. The van der Waals surface area contributed by atoms with Crippen LogP contribution in [0.15, 0.2) is 45.6 Å². The average molecular weight is 1180 g/mol. The van der Waals surface area contributed by atoms with E-state index in [2.05, 4.69) is 85.9 Å². The Morgan fingerprint density at radius 1 is 0.625 bits per heavy atom. The molecule has 6 heterocycles. The number of carbonyl (C=O) groups is 5. The summed E-state index contributed by atoms with van der Waals surface area (Å²) in [5.41, 5.74) is 19.8. The number of nitrogens with zero attached hydrogens (tertiary/aromatic N) is 8. The molecule has 2 fully saturated rings. The monoisotopic (exact) mass is 1180 g/mol. The summed E-state index contributed by atoms with van der Waals surface area (Å²) >= 11 is 6.11. The van der Waals surface area contributed by atoms with Crippen LogP contribution in [0.4, 0.5) is 25.8 Å². The van der Waals surface area contributed by atoms with Crippen molar-refractivity contribution in [2.45, 2.75) is 178 Å². The third-order valence-corrected chi connectivity index (χ3v) is 18.2. The zero-order chi connectivity index (χ0) is 59.7. The number of nitrogens with one attached hydrogen (secondary N) is 3. The maximum absolute atomic E-state index is 12.6. The standard InChI is InChI=1S/C24H33N7O3S2.C19H25N7OS2.C10H18O5/c1-22(2,3)34-20(33)28-24(6)9-8-16(23(24,4)5)27-17-14(18(25)32)11-26-31-12-13(10-15(17)31)19-29-30-21(35-7)36-19;1-18(2)13(5-6-19(18,3)21)23-14-11(15(20)27)8-22-26-9-10(7-12(14)26)16-24-25-17(28-4)29-16;1-9(2,3)14-7(11)13-8(12)15-10(4,5)6/h10-12,16,27H,8-9H2,1-7H3,(H2,25,32)(H,28,33);7-9,13,23H,5-6,21H2,1-4H3,(H2,20,27);1-6H3/t16-,24+;13-,19+;/m11./s1. The molecule has 2 aliphatic carbocycles. The Balaban J connectivity index is 0.000000210. The molecule has 8 rings (SSSR count). The van der Waals surface area contributed by atoms with Gasteiger partial charge in [0.15, 0.2) is 8.68 Å². The number of ether oxygens (including phenoxy) is 4. The molecule has 2 aliphatic rings. The van der Waals surface area contributed by atoms with Crippen molar-refractivity contribution >= 4 is 98.8 Å². The molecule has 27 heteroatoms. The third-order valence-electron chi connectivity index (χ3n) is 14.3. The van der Waals surface area contributed by atoms with Crippen LogP contribution < -0.4 is 33.2 Å². The maximum Gasteiger partial charge on any atom is 0.519 e. The zero-order valence-corrected chi connectivity index (χ0v) is 51.8. The van der Waals surface area contributed by atoms with Gasteiger partial charge in [0.2, 0.25) is 0 Å². The summed E-state index contributed by atoms with van der Waals surface area (Å²) in [5, 5.41) is 37.5. The highest BCUT2D eigenvalue weighted by molar-refractivity contribution is 8.00. The molecule has 6 aromatic rings. The summed E-state index contributed by atoms with van der Waals surface area (Å²) in [6.45, 7) is 28.2. The summed E-state index contributed by atoms with van der Waals surface area (Å²) in [5.74, 6) is -1.08. The van der Waals surface area contributed by atoms with E-state index < -0.39 is 52.6 Å². The summed E-state index contributed by atoms with van der Waals surface area (Å²) in [4.78, 5) is 59.1. The molecule has 0 saturated heterocycles. The van der Waals surface area contributed by atoms with Crippen molar-refractivity contribution < 1.29 is 42.9 Å².